The number of nitrogens with zero attached hydrogens (tertiary/aromatic N) is 2. The number of dihydropyridines is 1. The van der Waals surface area contributed by atoms with Gasteiger partial charge < -0.3 is 4.74 Å². The van der Waals surface area contributed by atoms with Crippen LogP contribution in [-0.4, -0.2) is 30.5 Å². The van der Waals surface area contributed by atoms with Gasteiger partial charge in [-0.25, -0.2) is 9.79 Å². The summed E-state index contributed by atoms with van der Waals surface area (Å²) in [4.78, 5) is 20.3. The first-order valence-electron chi connectivity index (χ1n) is 5.89. The highest BCUT2D eigenvalue weighted by molar-refractivity contribution is 6.53. The summed E-state index contributed by atoms with van der Waals surface area (Å²) in [5.74, 6) is -0.315. The molecule has 0 radical (unpaired) electrons. The molecule has 0 saturated carbocycles. The average Bonchev–Trinajstić information content (AvgIpc) is 2.76. The molecule has 4 heteroatoms. The van der Waals surface area contributed by atoms with Gasteiger partial charge in [-0.05, 0) is 19.1 Å². The molecule has 4 nitrogen and oxygen atoms in total. The highest BCUT2D eigenvalue weighted by atomic mass is 16.5. The zero-order chi connectivity index (χ0) is 12.5. The van der Waals surface area contributed by atoms with Crippen molar-refractivity contribution in [2.45, 2.75) is 13.0 Å². The summed E-state index contributed by atoms with van der Waals surface area (Å²) in [6.07, 6.45) is 3.47. The van der Waals surface area contributed by atoms with Crippen molar-refractivity contribution < 1.29 is 9.53 Å². The molecule has 0 aromatic heterocycles. The Hall–Kier alpha value is -2.23. The summed E-state index contributed by atoms with van der Waals surface area (Å²) in [5, 5.41) is 0. The van der Waals surface area contributed by atoms with Gasteiger partial charge in [0, 0.05) is 17.4 Å². The standard InChI is InChI=1S/C14H12N2O2/c1-2-18-14(17)12-7-10-9-5-3-4-6-11(9)16-13(10)8-15-12/h3-8,12H,2H2,1H3. The minimum atomic E-state index is -0.551. The van der Waals surface area contributed by atoms with Crippen LogP contribution in [0.1, 0.15) is 12.5 Å². The molecule has 2 heterocycles. The molecule has 2 aliphatic heterocycles. The van der Waals surface area contributed by atoms with E-state index in [1.54, 1.807) is 13.1 Å². The van der Waals surface area contributed by atoms with Crippen molar-refractivity contribution in [3.63, 3.8) is 0 Å². The van der Waals surface area contributed by atoms with Crippen LogP contribution in [-0.2, 0) is 9.53 Å². The van der Waals surface area contributed by atoms with Crippen molar-refractivity contribution >= 4 is 29.2 Å². The number of allylic oxidation sites excluding steroid dienone is 1. The predicted octanol–water partition coefficient (Wildman–Crippen LogP) is 2.17. The van der Waals surface area contributed by atoms with Crippen molar-refractivity contribution in [3.8, 4) is 0 Å². The van der Waals surface area contributed by atoms with E-state index in [9.17, 15) is 4.79 Å². The Morgan fingerprint density at radius 1 is 1.39 bits per heavy atom. The number of aliphatic imine (C=N–C) groups is 2. The number of carbonyl (C=O) groups excluding carboxylic acids is 1. The van der Waals surface area contributed by atoms with Gasteiger partial charge in [0.15, 0.2) is 6.04 Å². The summed E-state index contributed by atoms with van der Waals surface area (Å²) in [5.41, 5.74) is 3.76. The van der Waals surface area contributed by atoms with Crippen LogP contribution in [0.4, 0.5) is 5.69 Å². The maximum Gasteiger partial charge on any atom is 0.334 e. The lowest BCUT2D eigenvalue weighted by atomic mass is 9.99. The third-order valence-electron chi connectivity index (χ3n) is 2.92. The molecule has 0 aliphatic carbocycles. The van der Waals surface area contributed by atoms with Gasteiger partial charge >= 0.3 is 5.97 Å². The zero-order valence-corrected chi connectivity index (χ0v) is 9.96. The van der Waals surface area contributed by atoms with Crippen LogP contribution < -0.4 is 0 Å². The van der Waals surface area contributed by atoms with Gasteiger partial charge in [-0.2, -0.15) is 0 Å². The molecule has 0 saturated heterocycles. The van der Waals surface area contributed by atoms with Crippen LogP contribution in [0.2, 0.25) is 0 Å². The predicted molar refractivity (Wildman–Crippen MR) is 70.4 cm³/mol. The van der Waals surface area contributed by atoms with Gasteiger partial charge in [0.1, 0.15) is 0 Å². The first-order valence-corrected chi connectivity index (χ1v) is 5.89. The molecule has 1 atom stereocenters. The molecule has 0 fully saturated rings. The van der Waals surface area contributed by atoms with Gasteiger partial charge in [0.25, 0.3) is 0 Å². The fourth-order valence-corrected chi connectivity index (χ4v) is 2.11. The van der Waals surface area contributed by atoms with E-state index in [-0.39, 0.29) is 5.97 Å². The second-order valence-electron chi connectivity index (χ2n) is 4.07. The normalized spacial score (nSPS) is 19.7. The molecule has 90 valence electrons. The van der Waals surface area contributed by atoms with Gasteiger partial charge in [0.2, 0.25) is 0 Å². The lowest BCUT2D eigenvalue weighted by Crippen LogP contribution is -2.24. The zero-order valence-electron chi connectivity index (χ0n) is 9.96. The third kappa shape index (κ3) is 1.66. The summed E-state index contributed by atoms with van der Waals surface area (Å²) in [6, 6.07) is 7.31. The number of hydrogen-bond acceptors (Lipinski definition) is 4. The quantitative estimate of drug-likeness (QED) is 0.744. The Labute approximate surface area is 105 Å². The molecule has 1 unspecified atom stereocenters. The van der Waals surface area contributed by atoms with E-state index in [2.05, 4.69) is 9.98 Å². The number of benzene rings is 1. The number of rotatable bonds is 2. The Kier molecular flexibility index (Phi) is 2.55. The monoisotopic (exact) mass is 240 g/mol. The first kappa shape index (κ1) is 10.9. The van der Waals surface area contributed by atoms with Crippen molar-refractivity contribution in [2.24, 2.45) is 9.98 Å². The Bertz CT molecular complexity index is 600. The SMILES string of the molecule is CCOC(=O)C1C=C2C(=Nc3ccccc32)C=N1. The third-order valence-corrected chi connectivity index (χ3v) is 2.92. The molecule has 2 aliphatic rings. The molecule has 0 N–H and O–H groups in total. The van der Waals surface area contributed by atoms with Crippen LogP contribution in [0.25, 0.3) is 5.57 Å². The molecule has 1 aromatic rings. The number of esters is 1. The molecule has 0 spiro atoms. The fourth-order valence-electron chi connectivity index (χ4n) is 2.11. The smallest absolute Gasteiger partial charge is 0.334 e. The maximum atomic E-state index is 11.7. The highest BCUT2D eigenvalue weighted by Gasteiger charge is 2.27. The Morgan fingerprint density at radius 2 is 2.22 bits per heavy atom. The van der Waals surface area contributed by atoms with Crippen LogP contribution in [0.15, 0.2) is 40.3 Å². The molecule has 1 aromatic carbocycles. The summed E-state index contributed by atoms with van der Waals surface area (Å²) < 4.78 is 4.98. The van der Waals surface area contributed by atoms with E-state index in [0.29, 0.717) is 6.61 Å². The fraction of sp³-hybridized carbons (Fsp3) is 0.214. The van der Waals surface area contributed by atoms with Gasteiger partial charge in [0.05, 0.1) is 18.0 Å². The van der Waals surface area contributed by atoms with Gasteiger partial charge in [-0.1, -0.05) is 18.2 Å². The first-order chi connectivity index (χ1) is 8.79. The highest BCUT2D eigenvalue weighted by Crippen LogP contribution is 2.35. The summed E-state index contributed by atoms with van der Waals surface area (Å²) in [6.45, 7) is 2.15. The van der Waals surface area contributed by atoms with E-state index in [1.807, 2.05) is 30.3 Å². The molecule has 0 amide bonds. The molecule has 3 rings (SSSR count). The lowest BCUT2D eigenvalue weighted by Gasteiger charge is -2.13. The van der Waals surface area contributed by atoms with Crippen LogP contribution in [0.5, 0.6) is 0 Å². The molecule has 18 heavy (non-hydrogen) atoms. The number of ether oxygens (including phenoxy) is 1. The average molecular weight is 240 g/mol. The molecular formula is C14H12N2O2. The van der Waals surface area contributed by atoms with E-state index < -0.39 is 6.04 Å². The lowest BCUT2D eigenvalue weighted by molar-refractivity contribution is -0.143. The van der Waals surface area contributed by atoms with Crippen molar-refractivity contribution in [2.75, 3.05) is 6.61 Å². The number of para-hydroxylation sites is 1. The van der Waals surface area contributed by atoms with Crippen LogP contribution in [0.3, 0.4) is 0 Å². The second-order valence-corrected chi connectivity index (χ2v) is 4.07. The van der Waals surface area contributed by atoms with Gasteiger partial charge in [-0.15, -0.1) is 0 Å². The molecule has 0 bridgehead atoms. The van der Waals surface area contributed by atoms with E-state index in [4.69, 9.17) is 4.74 Å². The summed E-state index contributed by atoms with van der Waals surface area (Å²) >= 11 is 0. The Morgan fingerprint density at radius 3 is 3.06 bits per heavy atom. The second kappa shape index (κ2) is 4.22. The number of fused-ring (bicyclic) bond motifs is 3. The summed E-state index contributed by atoms with van der Waals surface area (Å²) in [7, 11) is 0. The van der Waals surface area contributed by atoms with Crippen molar-refractivity contribution in [1.82, 2.24) is 0 Å². The van der Waals surface area contributed by atoms with E-state index in [1.165, 1.54) is 0 Å². The number of carbonyl (C=O) groups is 1. The van der Waals surface area contributed by atoms with E-state index >= 15 is 0 Å². The van der Waals surface area contributed by atoms with Gasteiger partial charge in [-0.3, -0.25) is 4.99 Å². The van der Waals surface area contributed by atoms with E-state index in [0.717, 1.165) is 22.5 Å². The topological polar surface area (TPSA) is 51.0 Å². The minimum absolute atomic E-state index is 0.315. The van der Waals surface area contributed by atoms with Crippen molar-refractivity contribution in [3.05, 3.63) is 35.9 Å². The van der Waals surface area contributed by atoms with Crippen LogP contribution in [0, 0.1) is 0 Å². The minimum Gasteiger partial charge on any atom is -0.464 e. The van der Waals surface area contributed by atoms with Crippen LogP contribution >= 0.6 is 0 Å². The maximum absolute atomic E-state index is 11.7. The molecular weight excluding hydrogens is 228 g/mol. The largest absolute Gasteiger partial charge is 0.464 e. The number of hydrogen-bond donors (Lipinski definition) is 0. The Balaban J connectivity index is 1.97. The van der Waals surface area contributed by atoms with Crippen molar-refractivity contribution in [1.29, 1.82) is 0 Å².